The highest BCUT2D eigenvalue weighted by Gasteiger charge is 2.39. The minimum Gasteiger partial charge on any atom is -0.490 e. The number of benzene rings is 2. The van der Waals surface area contributed by atoms with Crippen LogP contribution in [0.3, 0.4) is 0 Å². The zero-order valence-electron chi connectivity index (χ0n) is 15.6. The molecule has 4 rings (SSSR count). The van der Waals surface area contributed by atoms with Crippen molar-refractivity contribution in [3.05, 3.63) is 60.2 Å². The SMILES string of the molecule is O=S(=O)(NCC1(c2ccccc2)CCC1)c1ccc(OC2CCCC2)cc1. The van der Waals surface area contributed by atoms with Gasteiger partial charge in [0.1, 0.15) is 5.75 Å². The molecular weight excluding hydrogens is 358 g/mol. The lowest BCUT2D eigenvalue weighted by Gasteiger charge is -2.42. The summed E-state index contributed by atoms with van der Waals surface area (Å²) in [5.74, 6) is 0.751. The topological polar surface area (TPSA) is 55.4 Å². The fourth-order valence-electron chi connectivity index (χ4n) is 4.18. The van der Waals surface area contributed by atoms with Crippen molar-refractivity contribution in [2.45, 2.75) is 61.4 Å². The van der Waals surface area contributed by atoms with Crippen molar-refractivity contribution in [1.82, 2.24) is 4.72 Å². The van der Waals surface area contributed by atoms with Crippen LogP contribution in [0.2, 0.25) is 0 Å². The Bertz CT molecular complexity index is 852. The van der Waals surface area contributed by atoms with Gasteiger partial charge in [0.15, 0.2) is 0 Å². The fourth-order valence-corrected chi connectivity index (χ4v) is 5.30. The maximum absolute atomic E-state index is 12.8. The van der Waals surface area contributed by atoms with E-state index in [1.807, 2.05) is 18.2 Å². The second kappa shape index (κ2) is 7.64. The third-order valence-electron chi connectivity index (χ3n) is 6.04. The predicted octanol–water partition coefficient (Wildman–Crippen LogP) is 4.41. The molecule has 0 amide bonds. The van der Waals surface area contributed by atoms with Gasteiger partial charge in [-0.1, -0.05) is 36.8 Å². The lowest BCUT2D eigenvalue weighted by atomic mass is 9.64. The van der Waals surface area contributed by atoms with E-state index in [0.29, 0.717) is 11.4 Å². The minimum absolute atomic E-state index is 0.0696. The molecule has 2 aromatic carbocycles. The summed E-state index contributed by atoms with van der Waals surface area (Å²) >= 11 is 0. The largest absolute Gasteiger partial charge is 0.490 e. The zero-order chi connectivity index (χ0) is 18.7. The lowest BCUT2D eigenvalue weighted by Crippen LogP contribution is -2.45. The Morgan fingerprint density at radius 1 is 0.926 bits per heavy atom. The normalized spacial score (nSPS) is 19.6. The standard InChI is InChI=1S/C22H27NO3S/c24-27(25,21-13-11-20(12-14-21)26-19-9-4-5-10-19)23-17-22(15-6-16-22)18-7-2-1-3-8-18/h1-3,7-8,11-14,19,23H,4-6,9-10,15-17H2. The molecule has 2 aromatic rings. The van der Waals surface area contributed by atoms with Gasteiger partial charge in [0, 0.05) is 12.0 Å². The Hall–Kier alpha value is -1.85. The number of sulfonamides is 1. The molecule has 0 heterocycles. The van der Waals surface area contributed by atoms with Gasteiger partial charge in [0.25, 0.3) is 0 Å². The molecule has 27 heavy (non-hydrogen) atoms. The zero-order valence-corrected chi connectivity index (χ0v) is 16.4. The first-order valence-electron chi connectivity index (χ1n) is 9.89. The Balaban J connectivity index is 1.42. The maximum Gasteiger partial charge on any atom is 0.240 e. The van der Waals surface area contributed by atoms with Crippen LogP contribution < -0.4 is 9.46 Å². The summed E-state index contributed by atoms with van der Waals surface area (Å²) in [6.07, 6.45) is 8.06. The molecule has 0 radical (unpaired) electrons. The molecule has 1 N–H and O–H groups in total. The molecule has 0 atom stereocenters. The third-order valence-corrected chi connectivity index (χ3v) is 7.45. The van der Waals surface area contributed by atoms with Crippen LogP contribution in [0.15, 0.2) is 59.5 Å². The molecule has 2 saturated carbocycles. The number of ether oxygens (including phenoxy) is 1. The summed E-state index contributed by atoms with van der Waals surface area (Å²) in [4.78, 5) is 0.295. The van der Waals surface area contributed by atoms with Crippen LogP contribution in [0.4, 0.5) is 0 Å². The van der Waals surface area contributed by atoms with Gasteiger partial charge in [0.05, 0.1) is 11.0 Å². The van der Waals surface area contributed by atoms with E-state index in [1.165, 1.54) is 18.4 Å². The molecule has 2 aliphatic rings. The van der Waals surface area contributed by atoms with Gasteiger partial charge in [0.2, 0.25) is 10.0 Å². The van der Waals surface area contributed by atoms with E-state index >= 15 is 0 Å². The number of nitrogens with one attached hydrogen (secondary N) is 1. The van der Waals surface area contributed by atoms with Crippen molar-refractivity contribution in [2.75, 3.05) is 6.54 Å². The molecule has 0 unspecified atom stereocenters. The molecule has 4 nitrogen and oxygen atoms in total. The van der Waals surface area contributed by atoms with E-state index in [-0.39, 0.29) is 11.5 Å². The van der Waals surface area contributed by atoms with Crippen molar-refractivity contribution >= 4 is 10.0 Å². The van der Waals surface area contributed by atoms with Gasteiger partial charge in [-0.3, -0.25) is 0 Å². The molecular formula is C22H27NO3S. The van der Waals surface area contributed by atoms with E-state index < -0.39 is 10.0 Å². The van der Waals surface area contributed by atoms with E-state index in [0.717, 1.165) is 37.9 Å². The third kappa shape index (κ3) is 4.04. The van der Waals surface area contributed by atoms with Crippen LogP contribution in [0.5, 0.6) is 5.75 Å². The van der Waals surface area contributed by atoms with Crippen molar-refractivity contribution in [3.8, 4) is 5.75 Å². The van der Waals surface area contributed by atoms with Crippen molar-refractivity contribution in [3.63, 3.8) is 0 Å². The van der Waals surface area contributed by atoms with Crippen LogP contribution in [0, 0.1) is 0 Å². The van der Waals surface area contributed by atoms with E-state index in [9.17, 15) is 8.42 Å². The predicted molar refractivity (Wildman–Crippen MR) is 106 cm³/mol. The average Bonchev–Trinajstić information content (AvgIpc) is 3.15. The molecule has 2 fully saturated rings. The smallest absolute Gasteiger partial charge is 0.240 e. The van der Waals surface area contributed by atoms with Crippen molar-refractivity contribution in [1.29, 1.82) is 0 Å². The lowest BCUT2D eigenvalue weighted by molar-refractivity contribution is 0.210. The van der Waals surface area contributed by atoms with Gasteiger partial charge in [-0.15, -0.1) is 0 Å². The molecule has 0 bridgehead atoms. The molecule has 0 saturated heterocycles. The number of rotatable bonds is 7. The van der Waals surface area contributed by atoms with E-state index in [2.05, 4.69) is 16.9 Å². The molecule has 0 aliphatic heterocycles. The highest BCUT2D eigenvalue weighted by molar-refractivity contribution is 7.89. The Labute approximate surface area is 162 Å². The van der Waals surface area contributed by atoms with Crippen LogP contribution in [0.25, 0.3) is 0 Å². The molecule has 0 spiro atoms. The molecule has 5 heteroatoms. The highest BCUT2D eigenvalue weighted by atomic mass is 32.2. The van der Waals surface area contributed by atoms with Gasteiger partial charge in [-0.05, 0) is 68.4 Å². The van der Waals surface area contributed by atoms with Crippen LogP contribution in [-0.2, 0) is 15.4 Å². The number of hydrogen-bond acceptors (Lipinski definition) is 3. The van der Waals surface area contributed by atoms with Gasteiger partial charge >= 0.3 is 0 Å². The summed E-state index contributed by atoms with van der Waals surface area (Å²) in [6.45, 7) is 0.444. The van der Waals surface area contributed by atoms with E-state index in [4.69, 9.17) is 4.74 Å². The average molecular weight is 386 g/mol. The molecule has 2 aliphatic carbocycles. The minimum atomic E-state index is -3.53. The van der Waals surface area contributed by atoms with Crippen LogP contribution in [-0.4, -0.2) is 21.1 Å². The van der Waals surface area contributed by atoms with Crippen molar-refractivity contribution in [2.24, 2.45) is 0 Å². The summed E-state index contributed by atoms with van der Waals surface area (Å²) in [5, 5.41) is 0. The van der Waals surface area contributed by atoms with Crippen LogP contribution >= 0.6 is 0 Å². The Kier molecular flexibility index (Phi) is 5.24. The first-order chi connectivity index (χ1) is 13.1. The first-order valence-corrected chi connectivity index (χ1v) is 11.4. The second-order valence-electron chi connectivity index (χ2n) is 7.82. The summed E-state index contributed by atoms with van der Waals surface area (Å²) < 4.78 is 34.3. The van der Waals surface area contributed by atoms with Crippen molar-refractivity contribution < 1.29 is 13.2 Å². The Morgan fingerprint density at radius 2 is 1.59 bits per heavy atom. The monoisotopic (exact) mass is 385 g/mol. The fraction of sp³-hybridized carbons (Fsp3) is 0.455. The number of hydrogen-bond donors (Lipinski definition) is 1. The van der Waals surface area contributed by atoms with Gasteiger partial charge in [-0.25, -0.2) is 13.1 Å². The van der Waals surface area contributed by atoms with Crippen LogP contribution in [0.1, 0.15) is 50.5 Å². The van der Waals surface area contributed by atoms with Gasteiger partial charge < -0.3 is 4.74 Å². The second-order valence-corrected chi connectivity index (χ2v) is 9.59. The molecule has 0 aromatic heterocycles. The quantitative estimate of drug-likeness (QED) is 0.768. The van der Waals surface area contributed by atoms with Gasteiger partial charge in [-0.2, -0.15) is 0 Å². The summed E-state index contributed by atoms with van der Waals surface area (Å²) in [6, 6.07) is 17.1. The summed E-state index contributed by atoms with van der Waals surface area (Å²) in [7, 11) is -3.53. The maximum atomic E-state index is 12.8. The first kappa shape index (κ1) is 18.5. The highest BCUT2D eigenvalue weighted by Crippen LogP contribution is 2.43. The summed E-state index contributed by atoms with van der Waals surface area (Å²) in [5.41, 5.74) is 1.15. The molecule has 144 valence electrons. The van der Waals surface area contributed by atoms with E-state index in [1.54, 1.807) is 24.3 Å². The Morgan fingerprint density at radius 3 is 2.19 bits per heavy atom.